The maximum absolute atomic E-state index is 13.6. The number of hydrogen-bond donors (Lipinski definition) is 1. The van der Waals surface area contributed by atoms with Crippen molar-refractivity contribution in [3.05, 3.63) is 65.5 Å². The third-order valence-corrected chi connectivity index (χ3v) is 5.24. The molecule has 0 radical (unpaired) electrons. The van der Waals surface area contributed by atoms with Gasteiger partial charge in [0.15, 0.2) is 0 Å². The molecule has 1 atom stereocenters. The molecule has 2 saturated heterocycles. The number of carbonyl (C=O) groups excluding carboxylic acids is 2. The van der Waals surface area contributed by atoms with E-state index in [0.717, 1.165) is 24.2 Å². The van der Waals surface area contributed by atoms with Crippen molar-refractivity contribution in [1.82, 2.24) is 10.2 Å². The van der Waals surface area contributed by atoms with Gasteiger partial charge in [-0.05, 0) is 48.4 Å². The normalized spacial score (nSPS) is 20.2. The highest BCUT2D eigenvalue weighted by Gasteiger charge is 2.29. The third kappa shape index (κ3) is 3.57. The van der Waals surface area contributed by atoms with E-state index in [1.165, 1.54) is 12.1 Å². The minimum Gasteiger partial charge on any atom is -0.329 e. The average Bonchev–Trinajstić information content (AvgIpc) is 3.13. The first-order valence-corrected chi connectivity index (χ1v) is 9.31. The lowest BCUT2D eigenvalue weighted by Crippen LogP contribution is -2.48. The number of hydrogen-bond acceptors (Lipinski definition) is 3. The average molecular weight is 367 g/mol. The minimum atomic E-state index is -0.301. The van der Waals surface area contributed by atoms with Crippen molar-refractivity contribution >= 4 is 17.5 Å². The van der Waals surface area contributed by atoms with Crippen LogP contribution in [0.15, 0.2) is 48.5 Å². The molecule has 2 aliphatic rings. The van der Waals surface area contributed by atoms with E-state index < -0.39 is 0 Å². The third-order valence-electron chi connectivity index (χ3n) is 5.24. The molecule has 2 aromatic carbocycles. The number of benzene rings is 2. The van der Waals surface area contributed by atoms with Crippen molar-refractivity contribution in [3.63, 3.8) is 0 Å². The summed E-state index contributed by atoms with van der Waals surface area (Å²) >= 11 is 0. The first-order chi connectivity index (χ1) is 13.1. The van der Waals surface area contributed by atoms with E-state index >= 15 is 0 Å². The van der Waals surface area contributed by atoms with Crippen molar-refractivity contribution in [2.24, 2.45) is 0 Å². The lowest BCUT2D eigenvalue weighted by Gasteiger charge is -2.36. The van der Waals surface area contributed by atoms with Gasteiger partial charge in [-0.25, -0.2) is 4.39 Å². The number of nitrogens with zero attached hydrogens (tertiary/aromatic N) is 2. The van der Waals surface area contributed by atoms with Gasteiger partial charge in [0, 0.05) is 43.9 Å². The molecule has 0 bridgehead atoms. The van der Waals surface area contributed by atoms with Gasteiger partial charge >= 0.3 is 0 Å². The standard InChI is InChI=1S/C21H22FN3O2/c22-17-4-1-3-16(13-17)19-14-23-10-12-25(19)21(27)15-6-8-18(9-7-15)24-11-2-5-20(24)26/h1,3-4,6-9,13,19,23H,2,5,10-12,14H2. The van der Waals surface area contributed by atoms with Crippen LogP contribution in [0.25, 0.3) is 0 Å². The Hall–Kier alpha value is -2.73. The molecule has 2 heterocycles. The van der Waals surface area contributed by atoms with Crippen molar-refractivity contribution in [2.45, 2.75) is 18.9 Å². The van der Waals surface area contributed by atoms with E-state index in [-0.39, 0.29) is 23.7 Å². The van der Waals surface area contributed by atoms with E-state index in [1.54, 1.807) is 28.0 Å². The number of piperazine rings is 1. The number of carbonyl (C=O) groups is 2. The lowest BCUT2D eigenvalue weighted by molar-refractivity contribution is -0.117. The Kier molecular flexibility index (Phi) is 4.90. The SMILES string of the molecule is O=C1CCCN1c1ccc(C(=O)N2CCNCC2c2cccc(F)c2)cc1. The predicted molar refractivity (Wildman–Crippen MR) is 101 cm³/mol. The van der Waals surface area contributed by atoms with E-state index in [4.69, 9.17) is 0 Å². The van der Waals surface area contributed by atoms with Gasteiger partial charge in [0.25, 0.3) is 5.91 Å². The quantitative estimate of drug-likeness (QED) is 0.908. The summed E-state index contributed by atoms with van der Waals surface area (Å²) in [6, 6.07) is 13.4. The highest BCUT2D eigenvalue weighted by atomic mass is 19.1. The maximum atomic E-state index is 13.6. The Morgan fingerprint density at radius 3 is 2.63 bits per heavy atom. The van der Waals surface area contributed by atoms with Gasteiger partial charge in [0.2, 0.25) is 5.91 Å². The molecule has 2 aromatic rings. The Morgan fingerprint density at radius 1 is 1.11 bits per heavy atom. The Morgan fingerprint density at radius 2 is 1.93 bits per heavy atom. The molecule has 0 spiro atoms. The summed E-state index contributed by atoms with van der Waals surface area (Å²) in [6.07, 6.45) is 1.45. The zero-order chi connectivity index (χ0) is 18.8. The number of halogens is 1. The van der Waals surface area contributed by atoms with Crippen LogP contribution >= 0.6 is 0 Å². The summed E-state index contributed by atoms with van der Waals surface area (Å²) in [4.78, 5) is 28.5. The van der Waals surface area contributed by atoms with Gasteiger partial charge < -0.3 is 15.1 Å². The van der Waals surface area contributed by atoms with Gasteiger partial charge in [-0.2, -0.15) is 0 Å². The highest BCUT2D eigenvalue weighted by molar-refractivity contribution is 5.97. The van der Waals surface area contributed by atoms with Crippen molar-refractivity contribution in [3.8, 4) is 0 Å². The highest BCUT2D eigenvalue weighted by Crippen LogP contribution is 2.26. The zero-order valence-corrected chi connectivity index (χ0v) is 15.0. The topological polar surface area (TPSA) is 52.7 Å². The van der Waals surface area contributed by atoms with Crippen LogP contribution in [0.3, 0.4) is 0 Å². The molecule has 0 saturated carbocycles. The molecule has 0 aliphatic carbocycles. The second-order valence-corrected chi connectivity index (χ2v) is 6.97. The fourth-order valence-corrected chi connectivity index (χ4v) is 3.83. The van der Waals surface area contributed by atoms with Crippen LogP contribution in [0.4, 0.5) is 10.1 Å². The van der Waals surface area contributed by atoms with Crippen LogP contribution < -0.4 is 10.2 Å². The van der Waals surface area contributed by atoms with Gasteiger partial charge in [0.05, 0.1) is 6.04 Å². The molecular weight excluding hydrogens is 345 g/mol. The molecule has 1 unspecified atom stereocenters. The molecular formula is C21H22FN3O2. The molecule has 27 heavy (non-hydrogen) atoms. The first-order valence-electron chi connectivity index (χ1n) is 9.31. The summed E-state index contributed by atoms with van der Waals surface area (Å²) in [5.74, 6) is -0.252. The first kappa shape index (κ1) is 17.7. The van der Waals surface area contributed by atoms with E-state index in [1.807, 2.05) is 18.2 Å². The monoisotopic (exact) mass is 367 g/mol. The van der Waals surface area contributed by atoms with Gasteiger partial charge in [-0.1, -0.05) is 12.1 Å². The molecule has 6 heteroatoms. The van der Waals surface area contributed by atoms with Crippen LogP contribution in [0.1, 0.15) is 34.8 Å². The molecule has 2 fully saturated rings. The lowest BCUT2D eigenvalue weighted by atomic mass is 10.0. The van der Waals surface area contributed by atoms with Crippen molar-refractivity contribution in [1.29, 1.82) is 0 Å². The van der Waals surface area contributed by atoms with Crippen LogP contribution in [-0.2, 0) is 4.79 Å². The molecule has 1 N–H and O–H groups in total. The predicted octanol–water partition coefficient (Wildman–Crippen LogP) is 2.74. The van der Waals surface area contributed by atoms with Crippen LogP contribution in [0.5, 0.6) is 0 Å². The van der Waals surface area contributed by atoms with Crippen molar-refractivity contribution in [2.75, 3.05) is 31.1 Å². The zero-order valence-electron chi connectivity index (χ0n) is 15.0. The minimum absolute atomic E-state index is 0.0786. The summed E-state index contributed by atoms with van der Waals surface area (Å²) in [5.41, 5.74) is 2.19. The molecule has 5 nitrogen and oxygen atoms in total. The fraction of sp³-hybridized carbons (Fsp3) is 0.333. The molecule has 2 aliphatic heterocycles. The van der Waals surface area contributed by atoms with E-state index in [2.05, 4.69) is 5.32 Å². The molecule has 0 aromatic heterocycles. The van der Waals surface area contributed by atoms with Gasteiger partial charge in [-0.3, -0.25) is 9.59 Å². The smallest absolute Gasteiger partial charge is 0.254 e. The maximum Gasteiger partial charge on any atom is 0.254 e. The largest absolute Gasteiger partial charge is 0.329 e. The van der Waals surface area contributed by atoms with E-state index in [0.29, 0.717) is 31.6 Å². The van der Waals surface area contributed by atoms with Crippen molar-refractivity contribution < 1.29 is 14.0 Å². The summed E-state index contributed by atoms with van der Waals surface area (Å²) < 4.78 is 13.6. The molecule has 140 valence electrons. The summed E-state index contributed by atoms with van der Waals surface area (Å²) in [7, 11) is 0. The summed E-state index contributed by atoms with van der Waals surface area (Å²) in [6.45, 7) is 2.59. The second kappa shape index (κ2) is 7.48. The Bertz CT molecular complexity index is 853. The van der Waals surface area contributed by atoms with Gasteiger partial charge in [-0.15, -0.1) is 0 Å². The van der Waals surface area contributed by atoms with Crippen LogP contribution in [0.2, 0.25) is 0 Å². The second-order valence-electron chi connectivity index (χ2n) is 6.97. The molecule has 4 rings (SSSR count). The van der Waals surface area contributed by atoms with Crippen LogP contribution in [-0.4, -0.2) is 42.9 Å². The number of amides is 2. The molecule has 2 amide bonds. The summed E-state index contributed by atoms with van der Waals surface area (Å²) in [5, 5.41) is 3.28. The Balaban J connectivity index is 1.56. The van der Waals surface area contributed by atoms with Gasteiger partial charge in [0.1, 0.15) is 5.82 Å². The van der Waals surface area contributed by atoms with E-state index in [9.17, 15) is 14.0 Å². The number of nitrogens with one attached hydrogen (secondary N) is 1. The Labute approximate surface area is 157 Å². The fourth-order valence-electron chi connectivity index (χ4n) is 3.83. The number of anilines is 1. The number of rotatable bonds is 3. The van der Waals surface area contributed by atoms with Crippen LogP contribution in [0, 0.1) is 5.82 Å².